The number of rotatable bonds is 2. The predicted octanol–water partition coefficient (Wildman–Crippen LogP) is 0.449. The van der Waals surface area contributed by atoms with Crippen molar-refractivity contribution < 1.29 is 14.9 Å². The standard InChI is InChI=1S/C13H15N3O3/c1-8-11(17)12(18)13(19-8)10-7-14-16(15-10)9-5-3-2-4-6-9/h2-8,11-13,17-18H,1H3. The molecule has 1 aromatic heterocycles. The van der Waals surface area contributed by atoms with Crippen LogP contribution in [0, 0.1) is 0 Å². The van der Waals surface area contributed by atoms with E-state index in [2.05, 4.69) is 10.2 Å². The van der Waals surface area contributed by atoms with E-state index in [1.807, 2.05) is 30.3 Å². The fourth-order valence-corrected chi connectivity index (χ4v) is 2.18. The molecule has 19 heavy (non-hydrogen) atoms. The molecule has 1 fully saturated rings. The van der Waals surface area contributed by atoms with Crippen LogP contribution in [0.4, 0.5) is 0 Å². The van der Waals surface area contributed by atoms with Gasteiger partial charge >= 0.3 is 0 Å². The Morgan fingerprint density at radius 2 is 1.89 bits per heavy atom. The average molecular weight is 261 g/mol. The fourth-order valence-electron chi connectivity index (χ4n) is 2.18. The molecule has 1 aromatic carbocycles. The second-order valence-corrected chi connectivity index (χ2v) is 4.64. The normalized spacial score (nSPS) is 30.7. The van der Waals surface area contributed by atoms with Crippen molar-refractivity contribution in [2.75, 3.05) is 0 Å². The molecule has 2 N–H and O–H groups in total. The van der Waals surface area contributed by atoms with E-state index in [1.54, 1.807) is 13.1 Å². The van der Waals surface area contributed by atoms with Crippen LogP contribution in [0.5, 0.6) is 0 Å². The number of hydrogen-bond donors (Lipinski definition) is 2. The van der Waals surface area contributed by atoms with Gasteiger partial charge in [0.05, 0.1) is 18.0 Å². The van der Waals surface area contributed by atoms with Crippen molar-refractivity contribution in [3.8, 4) is 5.69 Å². The Morgan fingerprint density at radius 1 is 1.16 bits per heavy atom. The maximum Gasteiger partial charge on any atom is 0.132 e. The summed E-state index contributed by atoms with van der Waals surface area (Å²) in [6.45, 7) is 1.72. The topological polar surface area (TPSA) is 80.4 Å². The Bertz CT molecular complexity index is 557. The molecule has 0 radical (unpaired) electrons. The first-order valence-corrected chi connectivity index (χ1v) is 6.16. The van der Waals surface area contributed by atoms with Crippen LogP contribution in [0.15, 0.2) is 36.5 Å². The Hall–Kier alpha value is -1.76. The van der Waals surface area contributed by atoms with E-state index >= 15 is 0 Å². The van der Waals surface area contributed by atoms with E-state index in [9.17, 15) is 10.2 Å². The minimum Gasteiger partial charge on any atom is -0.388 e. The van der Waals surface area contributed by atoms with Gasteiger partial charge in [0.1, 0.15) is 24.0 Å². The van der Waals surface area contributed by atoms with Gasteiger partial charge in [-0.3, -0.25) is 0 Å². The lowest BCUT2D eigenvalue weighted by Crippen LogP contribution is -2.28. The molecule has 0 aliphatic carbocycles. The average Bonchev–Trinajstić information content (AvgIpc) is 3.01. The molecule has 0 amide bonds. The third-order valence-corrected chi connectivity index (χ3v) is 3.29. The summed E-state index contributed by atoms with van der Waals surface area (Å²) in [7, 11) is 0. The van der Waals surface area contributed by atoms with Crippen molar-refractivity contribution in [1.82, 2.24) is 15.0 Å². The first-order valence-electron chi connectivity index (χ1n) is 6.16. The number of aliphatic hydroxyl groups excluding tert-OH is 2. The second kappa shape index (κ2) is 4.73. The third kappa shape index (κ3) is 2.14. The van der Waals surface area contributed by atoms with Gasteiger partial charge in [-0.1, -0.05) is 18.2 Å². The molecule has 4 atom stereocenters. The number of hydrogen-bond acceptors (Lipinski definition) is 5. The van der Waals surface area contributed by atoms with Gasteiger partial charge in [-0.15, -0.1) is 0 Å². The zero-order valence-corrected chi connectivity index (χ0v) is 10.4. The molecule has 6 heteroatoms. The van der Waals surface area contributed by atoms with E-state index in [0.29, 0.717) is 5.69 Å². The van der Waals surface area contributed by atoms with Crippen molar-refractivity contribution in [3.05, 3.63) is 42.2 Å². The molecule has 2 aromatic rings. The van der Waals surface area contributed by atoms with Crippen LogP contribution in [-0.2, 0) is 4.74 Å². The number of aliphatic hydroxyl groups is 2. The summed E-state index contributed by atoms with van der Waals surface area (Å²) in [6.07, 6.45) is -1.38. The highest BCUT2D eigenvalue weighted by Crippen LogP contribution is 2.32. The van der Waals surface area contributed by atoms with Gasteiger partial charge in [-0.2, -0.15) is 15.0 Å². The van der Waals surface area contributed by atoms with Gasteiger partial charge in [0.25, 0.3) is 0 Å². The van der Waals surface area contributed by atoms with Gasteiger partial charge in [0.15, 0.2) is 0 Å². The molecule has 2 heterocycles. The maximum absolute atomic E-state index is 9.91. The lowest BCUT2D eigenvalue weighted by molar-refractivity contribution is 0.0123. The zero-order chi connectivity index (χ0) is 13.4. The Balaban J connectivity index is 1.86. The smallest absolute Gasteiger partial charge is 0.132 e. The lowest BCUT2D eigenvalue weighted by atomic mass is 10.1. The molecule has 100 valence electrons. The number of ether oxygens (including phenoxy) is 1. The summed E-state index contributed by atoms with van der Waals surface area (Å²) in [5.74, 6) is 0. The van der Waals surface area contributed by atoms with Crippen molar-refractivity contribution in [3.63, 3.8) is 0 Å². The van der Waals surface area contributed by atoms with Gasteiger partial charge in [-0.25, -0.2) is 0 Å². The van der Waals surface area contributed by atoms with E-state index in [4.69, 9.17) is 4.74 Å². The highest BCUT2D eigenvalue weighted by molar-refractivity contribution is 5.28. The summed E-state index contributed by atoms with van der Waals surface area (Å²) >= 11 is 0. The van der Waals surface area contributed by atoms with E-state index in [-0.39, 0.29) is 0 Å². The SMILES string of the molecule is CC1OC(c2cnn(-c3ccccc3)n2)C(O)C1O. The van der Waals surface area contributed by atoms with Crippen LogP contribution in [0.3, 0.4) is 0 Å². The number of para-hydroxylation sites is 1. The quantitative estimate of drug-likeness (QED) is 0.820. The minimum atomic E-state index is -0.976. The Labute approximate surface area is 110 Å². The lowest BCUT2D eigenvalue weighted by Gasteiger charge is -2.11. The van der Waals surface area contributed by atoms with Crippen molar-refractivity contribution in [2.45, 2.75) is 31.3 Å². The Kier molecular flexibility index (Phi) is 3.06. The number of aromatic nitrogens is 3. The number of nitrogens with zero attached hydrogens (tertiary/aromatic N) is 3. The molecule has 3 rings (SSSR count). The highest BCUT2D eigenvalue weighted by atomic mass is 16.5. The summed E-state index contributed by atoms with van der Waals surface area (Å²) in [5, 5.41) is 28.0. The van der Waals surface area contributed by atoms with Crippen molar-refractivity contribution in [2.24, 2.45) is 0 Å². The molecule has 1 saturated heterocycles. The van der Waals surface area contributed by atoms with Crippen LogP contribution in [-0.4, -0.2) is 43.5 Å². The summed E-state index contributed by atoms with van der Waals surface area (Å²) in [6, 6.07) is 9.46. The molecule has 0 spiro atoms. The van der Waals surface area contributed by atoms with Crippen LogP contribution in [0.25, 0.3) is 5.69 Å². The van der Waals surface area contributed by atoms with E-state index in [1.165, 1.54) is 4.80 Å². The van der Waals surface area contributed by atoms with Crippen molar-refractivity contribution in [1.29, 1.82) is 0 Å². The fraction of sp³-hybridized carbons (Fsp3) is 0.385. The van der Waals surface area contributed by atoms with Gasteiger partial charge in [0.2, 0.25) is 0 Å². The Morgan fingerprint density at radius 3 is 2.53 bits per heavy atom. The van der Waals surface area contributed by atoms with E-state index in [0.717, 1.165) is 5.69 Å². The van der Waals surface area contributed by atoms with E-state index < -0.39 is 24.4 Å². The third-order valence-electron chi connectivity index (χ3n) is 3.29. The maximum atomic E-state index is 9.91. The van der Waals surface area contributed by atoms with Crippen LogP contribution in [0.2, 0.25) is 0 Å². The van der Waals surface area contributed by atoms with Gasteiger partial charge < -0.3 is 14.9 Å². The molecular weight excluding hydrogens is 246 g/mol. The molecule has 1 aliphatic heterocycles. The zero-order valence-electron chi connectivity index (χ0n) is 10.4. The minimum absolute atomic E-state index is 0.415. The molecule has 0 saturated carbocycles. The van der Waals surface area contributed by atoms with Crippen LogP contribution in [0.1, 0.15) is 18.7 Å². The largest absolute Gasteiger partial charge is 0.388 e. The molecule has 4 unspecified atom stereocenters. The first kappa shape index (κ1) is 12.3. The predicted molar refractivity (Wildman–Crippen MR) is 66.7 cm³/mol. The first-order chi connectivity index (χ1) is 9.16. The van der Waals surface area contributed by atoms with Crippen LogP contribution < -0.4 is 0 Å². The monoisotopic (exact) mass is 261 g/mol. The van der Waals surface area contributed by atoms with Gasteiger partial charge in [0, 0.05) is 0 Å². The highest BCUT2D eigenvalue weighted by Gasteiger charge is 2.42. The molecular formula is C13H15N3O3. The molecule has 6 nitrogen and oxygen atoms in total. The molecule has 1 aliphatic rings. The summed E-state index contributed by atoms with van der Waals surface area (Å²) in [5.41, 5.74) is 1.34. The second-order valence-electron chi connectivity index (χ2n) is 4.64. The van der Waals surface area contributed by atoms with Crippen LogP contribution >= 0.6 is 0 Å². The molecule has 0 bridgehead atoms. The van der Waals surface area contributed by atoms with Gasteiger partial charge in [-0.05, 0) is 19.1 Å². The summed E-state index contributed by atoms with van der Waals surface area (Å²) < 4.78 is 5.51. The summed E-state index contributed by atoms with van der Waals surface area (Å²) in [4.78, 5) is 1.47. The number of benzene rings is 1. The van der Waals surface area contributed by atoms with Crippen molar-refractivity contribution >= 4 is 0 Å².